The maximum Gasteiger partial charge on any atom is 0.132 e. The number of nitrogens with zero attached hydrogens (tertiary/aromatic N) is 2. The Hall–Kier alpha value is -0.960. The van der Waals surface area contributed by atoms with Crippen molar-refractivity contribution in [2.24, 2.45) is 0 Å². The smallest absolute Gasteiger partial charge is 0.132 e. The Bertz CT molecular complexity index is 408. The molecule has 3 heteroatoms. The summed E-state index contributed by atoms with van der Waals surface area (Å²) in [6, 6.07) is 0. The van der Waals surface area contributed by atoms with E-state index in [-0.39, 0.29) is 0 Å². The van der Waals surface area contributed by atoms with Gasteiger partial charge in [-0.05, 0) is 19.3 Å². The molecule has 0 amide bonds. The quantitative estimate of drug-likeness (QED) is 0.850. The third kappa shape index (κ3) is 2.08. The van der Waals surface area contributed by atoms with Crippen molar-refractivity contribution in [3.63, 3.8) is 0 Å². The highest BCUT2D eigenvalue weighted by Crippen LogP contribution is 2.32. The molecule has 1 aromatic rings. The summed E-state index contributed by atoms with van der Waals surface area (Å²) in [7, 11) is 0. The fraction of sp³-hybridized carbons (Fsp3) is 0.714. The van der Waals surface area contributed by atoms with Crippen LogP contribution in [0.25, 0.3) is 0 Å². The normalized spacial score (nSPS) is 20.5. The second-order valence-electron chi connectivity index (χ2n) is 5.25. The van der Waals surface area contributed by atoms with Crippen LogP contribution in [-0.4, -0.2) is 9.97 Å². The van der Waals surface area contributed by atoms with Crippen LogP contribution in [0, 0.1) is 0 Å². The molecule has 3 nitrogen and oxygen atoms in total. The number of nitrogens with one attached hydrogen (secondary N) is 1. The van der Waals surface area contributed by atoms with Crippen molar-refractivity contribution >= 4 is 0 Å². The Morgan fingerprint density at radius 3 is 2.71 bits per heavy atom. The van der Waals surface area contributed by atoms with E-state index in [4.69, 9.17) is 9.97 Å². The number of rotatable bonds is 2. The second-order valence-corrected chi connectivity index (χ2v) is 5.25. The third-order valence-electron chi connectivity index (χ3n) is 4.10. The first-order valence-corrected chi connectivity index (χ1v) is 6.97. The molecule has 92 valence electrons. The van der Waals surface area contributed by atoms with E-state index < -0.39 is 0 Å². The molecule has 1 aromatic heterocycles. The van der Waals surface area contributed by atoms with Crippen LogP contribution in [0.15, 0.2) is 0 Å². The monoisotopic (exact) mass is 231 g/mol. The third-order valence-corrected chi connectivity index (χ3v) is 4.10. The van der Waals surface area contributed by atoms with Gasteiger partial charge in [0.15, 0.2) is 0 Å². The molecule has 0 bridgehead atoms. The van der Waals surface area contributed by atoms with Gasteiger partial charge >= 0.3 is 0 Å². The van der Waals surface area contributed by atoms with E-state index in [0.29, 0.717) is 5.92 Å². The van der Waals surface area contributed by atoms with Crippen LogP contribution >= 0.6 is 0 Å². The maximum absolute atomic E-state index is 4.84. The summed E-state index contributed by atoms with van der Waals surface area (Å²) >= 11 is 0. The molecule has 2 heterocycles. The number of hydrogen-bond acceptors (Lipinski definition) is 3. The predicted octanol–water partition coefficient (Wildman–Crippen LogP) is 2.69. The van der Waals surface area contributed by atoms with Gasteiger partial charge in [-0.2, -0.15) is 0 Å². The molecular weight excluding hydrogens is 210 g/mol. The summed E-state index contributed by atoms with van der Waals surface area (Å²) in [5.74, 6) is 1.75. The number of aromatic nitrogens is 2. The van der Waals surface area contributed by atoms with Gasteiger partial charge in [0.1, 0.15) is 5.82 Å². The number of hydrogen-bond donors (Lipinski definition) is 1. The summed E-state index contributed by atoms with van der Waals surface area (Å²) in [4.78, 5) is 9.65. The minimum atomic E-state index is 0.625. The van der Waals surface area contributed by atoms with Gasteiger partial charge in [-0.15, -0.1) is 0 Å². The highest BCUT2D eigenvalue weighted by Gasteiger charge is 2.23. The molecule has 3 rings (SSSR count). The van der Waals surface area contributed by atoms with Crippen LogP contribution < -0.4 is 5.32 Å². The molecule has 1 fully saturated rings. The Kier molecular flexibility index (Phi) is 3.10. The van der Waals surface area contributed by atoms with Crippen LogP contribution in [0.2, 0.25) is 0 Å². The van der Waals surface area contributed by atoms with E-state index in [1.165, 1.54) is 49.1 Å². The lowest BCUT2D eigenvalue weighted by Crippen LogP contribution is -2.12. The van der Waals surface area contributed by atoms with Crippen molar-refractivity contribution < 1.29 is 0 Å². The van der Waals surface area contributed by atoms with Gasteiger partial charge in [0.2, 0.25) is 0 Å². The highest BCUT2D eigenvalue weighted by molar-refractivity contribution is 5.30. The van der Waals surface area contributed by atoms with E-state index in [1.807, 2.05) is 0 Å². The van der Waals surface area contributed by atoms with Gasteiger partial charge in [-0.1, -0.05) is 26.2 Å². The molecule has 0 atom stereocenters. The molecule has 1 N–H and O–H groups in total. The van der Waals surface area contributed by atoms with Crippen molar-refractivity contribution in [1.82, 2.24) is 15.3 Å². The molecule has 0 unspecified atom stereocenters. The van der Waals surface area contributed by atoms with Crippen molar-refractivity contribution in [3.8, 4) is 0 Å². The minimum absolute atomic E-state index is 0.625. The highest BCUT2D eigenvalue weighted by atomic mass is 15.0. The molecular formula is C14H21N3. The average Bonchev–Trinajstić information content (AvgIpc) is 2.86. The second kappa shape index (κ2) is 4.73. The van der Waals surface area contributed by atoms with Crippen molar-refractivity contribution in [1.29, 1.82) is 0 Å². The van der Waals surface area contributed by atoms with Gasteiger partial charge in [-0.3, -0.25) is 0 Å². The summed E-state index contributed by atoms with van der Waals surface area (Å²) in [5, 5.41) is 3.39. The Morgan fingerprint density at radius 1 is 1.12 bits per heavy atom. The summed E-state index contributed by atoms with van der Waals surface area (Å²) in [5.41, 5.74) is 3.91. The van der Waals surface area contributed by atoms with Gasteiger partial charge in [0.05, 0.1) is 5.69 Å². The maximum atomic E-state index is 4.84. The van der Waals surface area contributed by atoms with E-state index in [1.54, 1.807) is 0 Å². The van der Waals surface area contributed by atoms with Crippen molar-refractivity contribution in [3.05, 3.63) is 22.8 Å². The topological polar surface area (TPSA) is 37.8 Å². The van der Waals surface area contributed by atoms with E-state index >= 15 is 0 Å². The largest absolute Gasteiger partial charge is 0.307 e. The van der Waals surface area contributed by atoms with Crippen molar-refractivity contribution in [2.75, 3.05) is 0 Å². The van der Waals surface area contributed by atoms with Crippen molar-refractivity contribution in [2.45, 2.75) is 64.5 Å². The summed E-state index contributed by atoms with van der Waals surface area (Å²) < 4.78 is 0. The zero-order chi connectivity index (χ0) is 11.7. The first kappa shape index (κ1) is 11.1. The standard InChI is InChI=1S/C14H21N3/c1-2-12-11-8-15-9-13(11)17-14(16-12)10-6-4-3-5-7-10/h10,15H,2-9H2,1H3. The van der Waals surface area contributed by atoms with Gasteiger partial charge in [0.25, 0.3) is 0 Å². The lowest BCUT2D eigenvalue weighted by molar-refractivity contribution is 0.426. The molecule has 0 saturated heterocycles. The molecule has 1 saturated carbocycles. The number of aryl methyl sites for hydroxylation is 1. The van der Waals surface area contributed by atoms with Crippen LogP contribution in [0.4, 0.5) is 0 Å². The number of fused-ring (bicyclic) bond motifs is 1. The van der Waals surface area contributed by atoms with Gasteiger partial charge in [0, 0.05) is 30.3 Å². The fourth-order valence-electron chi connectivity index (χ4n) is 3.10. The Morgan fingerprint density at radius 2 is 1.94 bits per heavy atom. The SMILES string of the molecule is CCc1nc(C2CCCCC2)nc2c1CNC2. The minimum Gasteiger partial charge on any atom is -0.307 e. The fourth-order valence-corrected chi connectivity index (χ4v) is 3.10. The van der Waals surface area contributed by atoms with Crippen LogP contribution in [-0.2, 0) is 19.5 Å². The van der Waals surface area contributed by atoms with Crippen LogP contribution in [0.3, 0.4) is 0 Å². The summed E-state index contributed by atoms with van der Waals surface area (Å²) in [6.45, 7) is 4.10. The van der Waals surface area contributed by atoms with Crippen LogP contribution in [0.1, 0.15) is 67.7 Å². The first-order chi connectivity index (χ1) is 8.38. The zero-order valence-electron chi connectivity index (χ0n) is 10.6. The predicted molar refractivity (Wildman–Crippen MR) is 67.8 cm³/mol. The lowest BCUT2D eigenvalue weighted by atomic mass is 9.88. The molecule has 0 aromatic carbocycles. The Labute approximate surface area is 103 Å². The zero-order valence-corrected chi connectivity index (χ0v) is 10.6. The van der Waals surface area contributed by atoms with Gasteiger partial charge in [-0.25, -0.2) is 9.97 Å². The van der Waals surface area contributed by atoms with E-state index in [9.17, 15) is 0 Å². The molecule has 17 heavy (non-hydrogen) atoms. The molecule has 0 spiro atoms. The molecule has 0 radical (unpaired) electrons. The van der Waals surface area contributed by atoms with Gasteiger partial charge < -0.3 is 5.32 Å². The Balaban J connectivity index is 1.94. The summed E-state index contributed by atoms with van der Waals surface area (Å²) in [6.07, 6.45) is 7.70. The van der Waals surface area contributed by atoms with Crippen LogP contribution in [0.5, 0.6) is 0 Å². The molecule has 1 aliphatic carbocycles. The average molecular weight is 231 g/mol. The lowest BCUT2D eigenvalue weighted by Gasteiger charge is -2.21. The molecule has 1 aliphatic heterocycles. The first-order valence-electron chi connectivity index (χ1n) is 6.97. The van der Waals surface area contributed by atoms with E-state index in [2.05, 4.69) is 12.2 Å². The molecule has 2 aliphatic rings. The van der Waals surface area contributed by atoms with E-state index in [0.717, 1.165) is 25.3 Å².